The highest BCUT2D eigenvalue weighted by Gasteiger charge is 2.07. The Morgan fingerprint density at radius 1 is 1.00 bits per heavy atom. The van der Waals surface area contributed by atoms with Crippen LogP contribution in [0.2, 0.25) is 0 Å². The zero-order chi connectivity index (χ0) is 19.6. The number of rotatable bonds is 9. The highest BCUT2D eigenvalue weighted by atomic mass is 16.5. The lowest BCUT2D eigenvalue weighted by Gasteiger charge is -2.07. The lowest BCUT2D eigenvalue weighted by atomic mass is 10.0. The molecule has 3 nitrogen and oxygen atoms in total. The van der Waals surface area contributed by atoms with Crippen LogP contribution < -0.4 is 9.47 Å². The fourth-order valence-electron chi connectivity index (χ4n) is 2.40. The molecule has 140 valence electrons. The fraction of sp³-hybridized carbons (Fsp3) is 0.208. The molecule has 0 radical (unpaired) electrons. The number of ether oxygens (including phenoxy) is 2. The van der Waals surface area contributed by atoms with Crippen LogP contribution in [-0.4, -0.2) is 19.0 Å². The van der Waals surface area contributed by atoms with Gasteiger partial charge < -0.3 is 9.47 Å². The quantitative estimate of drug-likeness (QED) is 0.321. The Bertz CT molecular complexity index is 838. The Balaban J connectivity index is 2.01. The monoisotopic (exact) mass is 362 g/mol. The minimum atomic E-state index is -0.0321. The zero-order valence-electron chi connectivity index (χ0n) is 16.2. The summed E-state index contributed by atoms with van der Waals surface area (Å²) in [6.45, 7) is 10.6. The highest BCUT2D eigenvalue weighted by Crippen LogP contribution is 2.19. The van der Waals surface area contributed by atoms with Gasteiger partial charge in [-0.1, -0.05) is 36.4 Å². The van der Waals surface area contributed by atoms with Gasteiger partial charge in [0.2, 0.25) is 0 Å². The van der Waals surface area contributed by atoms with Crippen molar-refractivity contribution in [1.29, 1.82) is 0 Å². The summed E-state index contributed by atoms with van der Waals surface area (Å²) in [5.41, 5.74) is 3.72. The van der Waals surface area contributed by atoms with Crippen LogP contribution >= 0.6 is 0 Å². The number of benzene rings is 2. The molecule has 0 aliphatic rings. The van der Waals surface area contributed by atoms with E-state index in [1.807, 2.05) is 69.3 Å². The zero-order valence-corrected chi connectivity index (χ0v) is 16.2. The molecule has 0 aliphatic carbocycles. The summed E-state index contributed by atoms with van der Waals surface area (Å²) in [6, 6.07) is 13.1. The lowest BCUT2D eigenvalue weighted by molar-refractivity contribution is 0.104. The third-order valence-electron chi connectivity index (χ3n) is 3.88. The molecule has 0 N–H and O–H groups in total. The van der Waals surface area contributed by atoms with Crippen LogP contribution in [0.15, 0.2) is 72.8 Å². The second kappa shape index (κ2) is 10.2. The molecule has 0 aliphatic heterocycles. The first-order valence-corrected chi connectivity index (χ1v) is 8.92. The molecule has 0 saturated carbocycles. The van der Waals surface area contributed by atoms with Crippen molar-refractivity contribution in [2.24, 2.45) is 0 Å². The van der Waals surface area contributed by atoms with Gasteiger partial charge in [-0.2, -0.15) is 0 Å². The summed E-state index contributed by atoms with van der Waals surface area (Å²) in [4.78, 5) is 12.5. The normalized spacial score (nSPS) is 10.5. The topological polar surface area (TPSA) is 35.5 Å². The third-order valence-corrected chi connectivity index (χ3v) is 3.88. The Morgan fingerprint density at radius 3 is 2.30 bits per heavy atom. The van der Waals surface area contributed by atoms with E-state index < -0.39 is 0 Å². The molecule has 27 heavy (non-hydrogen) atoms. The van der Waals surface area contributed by atoms with E-state index in [9.17, 15) is 4.79 Å². The Hall–Kier alpha value is -3.07. The van der Waals surface area contributed by atoms with Crippen molar-refractivity contribution in [3.63, 3.8) is 0 Å². The van der Waals surface area contributed by atoms with Crippen LogP contribution in [0, 0.1) is 6.92 Å². The molecule has 0 fully saturated rings. The van der Waals surface area contributed by atoms with E-state index in [0.29, 0.717) is 18.8 Å². The molecule has 0 bridgehead atoms. The molecule has 3 heteroatoms. The molecule has 0 aromatic heterocycles. The summed E-state index contributed by atoms with van der Waals surface area (Å²) in [6.07, 6.45) is 7.11. The van der Waals surface area contributed by atoms with Crippen LogP contribution in [0.25, 0.3) is 6.08 Å². The first kappa shape index (κ1) is 20.2. The maximum Gasteiger partial charge on any atom is 0.186 e. The predicted octanol–water partition coefficient (Wildman–Crippen LogP) is 5.80. The summed E-state index contributed by atoms with van der Waals surface area (Å²) >= 11 is 0. The summed E-state index contributed by atoms with van der Waals surface area (Å²) < 4.78 is 11.1. The van der Waals surface area contributed by atoms with E-state index in [0.717, 1.165) is 22.6 Å². The average molecular weight is 362 g/mol. The van der Waals surface area contributed by atoms with Gasteiger partial charge >= 0.3 is 0 Å². The second-order valence-electron chi connectivity index (χ2n) is 6.44. The molecule has 0 saturated heterocycles. The smallest absolute Gasteiger partial charge is 0.186 e. The molecule has 2 aromatic rings. The van der Waals surface area contributed by atoms with E-state index in [2.05, 4.69) is 6.58 Å². The van der Waals surface area contributed by atoms with Gasteiger partial charge in [0.15, 0.2) is 5.78 Å². The van der Waals surface area contributed by atoms with Crippen molar-refractivity contribution in [3.8, 4) is 11.5 Å². The molecule has 0 atom stereocenters. The number of carbonyl (C=O) groups excluding carboxylic acids is 1. The molecule has 0 heterocycles. The van der Waals surface area contributed by atoms with Crippen molar-refractivity contribution in [3.05, 3.63) is 89.5 Å². The van der Waals surface area contributed by atoms with Crippen molar-refractivity contribution in [1.82, 2.24) is 0 Å². The van der Waals surface area contributed by atoms with Crippen LogP contribution in [0.3, 0.4) is 0 Å². The van der Waals surface area contributed by atoms with Gasteiger partial charge in [-0.15, -0.1) is 0 Å². The van der Waals surface area contributed by atoms with Gasteiger partial charge in [0.05, 0.1) is 0 Å². The minimum absolute atomic E-state index is 0.0321. The molecule has 0 amide bonds. The van der Waals surface area contributed by atoms with E-state index in [4.69, 9.17) is 9.47 Å². The maximum atomic E-state index is 12.5. The number of allylic oxidation sites excluding steroid dienone is 2. The Kier molecular flexibility index (Phi) is 7.63. The maximum absolute atomic E-state index is 12.5. The molecule has 2 rings (SSSR count). The molecular weight excluding hydrogens is 336 g/mol. The standard InChI is InChI=1S/C24H26O3/c1-5-15-26-21-9-6-20(7-10-21)8-13-24(25)23-12-11-22(17-19(23)4)27-16-14-18(2)3/h5-14,17H,1,15-16H2,2-4H3/b13-8+. The lowest BCUT2D eigenvalue weighted by Crippen LogP contribution is -2.00. The van der Waals surface area contributed by atoms with Crippen molar-refractivity contribution in [2.75, 3.05) is 13.2 Å². The fourth-order valence-corrected chi connectivity index (χ4v) is 2.40. The van der Waals surface area contributed by atoms with Crippen molar-refractivity contribution in [2.45, 2.75) is 20.8 Å². The molecule has 0 spiro atoms. The number of hydrogen-bond acceptors (Lipinski definition) is 3. The van der Waals surface area contributed by atoms with Gasteiger partial charge in [-0.05, 0) is 74.4 Å². The molecule has 0 unspecified atom stereocenters. The van der Waals surface area contributed by atoms with Crippen LogP contribution in [0.5, 0.6) is 11.5 Å². The third kappa shape index (κ3) is 6.63. The van der Waals surface area contributed by atoms with Gasteiger partial charge in [-0.3, -0.25) is 4.79 Å². The number of carbonyl (C=O) groups is 1. The molecule has 2 aromatic carbocycles. The van der Waals surface area contributed by atoms with Crippen LogP contribution in [0.1, 0.15) is 35.3 Å². The van der Waals surface area contributed by atoms with E-state index >= 15 is 0 Å². The largest absolute Gasteiger partial charge is 0.490 e. The van der Waals surface area contributed by atoms with E-state index in [1.54, 1.807) is 18.2 Å². The Labute approximate surface area is 161 Å². The number of ketones is 1. The van der Waals surface area contributed by atoms with Crippen molar-refractivity contribution < 1.29 is 14.3 Å². The van der Waals surface area contributed by atoms with Gasteiger partial charge in [0.1, 0.15) is 24.7 Å². The number of hydrogen-bond donors (Lipinski definition) is 0. The minimum Gasteiger partial charge on any atom is -0.490 e. The molecular formula is C24H26O3. The van der Waals surface area contributed by atoms with Crippen LogP contribution in [0.4, 0.5) is 0 Å². The number of aryl methyl sites for hydroxylation is 1. The van der Waals surface area contributed by atoms with Gasteiger partial charge in [0.25, 0.3) is 0 Å². The first-order valence-electron chi connectivity index (χ1n) is 8.92. The van der Waals surface area contributed by atoms with Gasteiger partial charge in [0, 0.05) is 5.56 Å². The summed E-state index contributed by atoms with van der Waals surface area (Å²) in [7, 11) is 0. The summed E-state index contributed by atoms with van der Waals surface area (Å²) in [5.74, 6) is 1.51. The average Bonchev–Trinajstić information content (AvgIpc) is 2.65. The van der Waals surface area contributed by atoms with E-state index in [-0.39, 0.29) is 5.78 Å². The van der Waals surface area contributed by atoms with Crippen LogP contribution in [-0.2, 0) is 0 Å². The SMILES string of the molecule is C=CCOc1ccc(/C=C/C(=O)c2ccc(OCC=C(C)C)cc2C)cc1. The van der Waals surface area contributed by atoms with E-state index in [1.165, 1.54) is 5.57 Å². The first-order chi connectivity index (χ1) is 13.0. The summed E-state index contributed by atoms with van der Waals surface area (Å²) in [5, 5.41) is 0. The Morgan fingerprint density at radius 2 is 1.67 bits per heavy atom. The van der Waals surface area contributed by atoms with Crippen molar-refractivity contribution >= 4 is 11.9 Å². The van der Waals surface area contributed by atoms with Gasteiger partial charge in [-0.25, -0.2) is 0 Å². The predicted molar refractivity (Wildman–Crippen MR) is 112 cm³/mol. The highest BCUT2D eigenvalue weighted by molar-refractivity contribution is 6.07. The second-order valence-corrected chi connectivity index (χ2v) is 6.44.